The van der Waals surface area contributed by atoms with Crippen LogP contribution in [0.3, 0.4) is 0 Å². The van der Waals surface area contributed by atoms with Gasteiger partial charge in [-0.15, -0.1) is 0 Å². The Morgan fingerprint density at radius 1 is 1.24 bits per heavy atom. The second-order valence-corrected chi connectivity index (χ2v) is 5.10. The van der Waals surface area contributed by atoms with E-state index in [1.54, 1.807) is 6.92 Å². The Bertz CT molecular complexity index is 684. The lowest BCUT2D eigenvalue weighted by Crippen LogP contribution is -2.12. The maximum atomic E-state index is 12.1. The molecule has 0 radical (unpaired) electrons. The van der Waals surface area contributed by atoms with Crippen molar-refractivity contribution in [1.29, 1.82) is 0 Å². The molecule has 2 aromatic carbocycles. The van der Waals surface area contributed by atoms with Gasteiger partial charge in [-0.25, -0.2) is 0 Å². The zero-order valence-corrected chi connectivity index (χ0v) is 12.9. The summed E-state index contributed by atoms with van der Waals surface area (Å²) < 4.78 is 0. The highest BCUT2D eigenvalue weighted by Gasteiger charge is 2.13. The Kier molecular flexibility index (Phi) is 4.70. The molecule has 6 heteroatoms. The van der Waals surface area contributed by atoms with Crippen LogP contribution in [-0.2, 0) is 5.33 Å². The van der Waals surface area contributed by atoms with E-state index in [-0.39, 0.29) is 11.6 Å². The number of benzene rings is 2. The van der Waals surface area contributed by atoms with Gasteiger partial charge in [0.15, 0.2) is 0 Å². The largest absolute Gasteiger partial charge is 0.322 e. The summed E-state index contributed by atoms with van der Waals surface area (Å²) in [5, 5.41) is 14.3. The maximum absolute atomic E-state index is 12.1. The van der Waals surface area contributed by atoms with E-state index >= 15 is 0 Å². The lowest BCUT2D eigenvalue weighted by molar-refractivity contribution is -0.385. The average Bonchev–Trinajstić information content (AvgIpc) is 2.47. The van der Waals surface area contributed by atoms with E-state index in [0.717, 1.165) is 10.9 Å². The van der Waals surface area contributed by atoms with Gasteiger partial charge in [0.1, 0.15) is 0 Å². The molecule has 0 aliphatic rings. The number of aryl methyl sites for hydroxylation is 1. The standard InChI is InChI=1S/C15H13BrN2O3/c1-10-8-12(4-7-14(10)18(20)21)15(19)17-13-5-2-11(9-16)3-6-13/h2-8H,9H2,1H3,(H,17,19). The van der Waals surface area contributed by atoms with Crippen molar-refractivity contribution in [3.05, 3.63) is 69.3 Å². The molecule has 0 saturated carbocycles. The van der Waals surface area contributed by atoms with Crippen molar-refractivity contribution >= 4 is 33.2 Å². The van der Waals surface area contributed by atoms with E-state index in [1.165, 1.54) is 18.2 Å². The molecule has 1 amide bonds. The van der Waals surface area contributed by atoms with Gasteiger partial charge in [0.05, 0.1) is 4.92 Å². The number of carbonyl (C=O) groups excluding carboxylic acids is 1. The number of rotatable bonds is 4. The number of anilines is 1. The molecule has 0 saturated heterocycles. The van der Waals surface area contributed by atoms with Crippen LogP contribution in [-0.4, -0.2) is 10.8 Å². The van der Waals surface area contributed by atoms with E-state index in [1.807, 2.05) is 24.3 Å². The fourth-order valence-electron chi connectivity index (χ4n) is 1.88. The van der Waals surface area contributed by atoms with Gasteiger partial charge in [-0.1, -0.05) is 28.1 Å². The van der Waals surface area contributed by atoms with Gasteiger partial charge in [-0.05, 0) is 36.8 Å². The van der Waals surface area contributed by atoms with Crippen molar-refractivity contribution in [2.75, 3.05) is 5.32 Å². The predicted octanol–water partition coefficient (Wildman–Crippen LogP) is 4.05. The number of carbonyl (C=O) groups is 1. The molecule has 21 heavy (non-hydrogen) atoms. The third-order valence-corrected chi connectivity index (χ3v) is 3.67. The van der Waals surface area contributed by atoms with E-state index < -0.39 is 4.92 Å². The van der Waals surface area contributed by atoms with Crippen molar-refractivity contribution in [3.8, 4) is 0 Å². The van der Waals surface area contributed by atoms with Crippen molar-refractivity contribution in [2.24, 2.45) is 0 Å². The Balaban J connectivity index is 2.16. The molecule has 5 nitrogen and oxygen atoms in total. The Morgan fingerprint density at radius 2 is 1.90 bits per heavy atom. The molecule has 0 aliphatic carbocycles. The topological polar surface area (TPSA) is 72.2 Å². The Morgan fingerprint density at radius 3 is 2.43 bits per heavy atom. The number of halogens is 1. The van der Waals surface area contributed by atoms with Gasteiger partial charge in [0.25, 0.3) is 11.6 Å². The van der Waals surface area contributed by atoms with Crippen LogP contribution >= 0.6 is 15.9 Å². The summed E-state index contributed by atoms with van der Waals surface area (Å²) in [5.74, 6) is -0.292. The molecule has 0 aromatic heterocycles. The number of nitro groups is 1. The highest BCUT2D eigenvalue weighted by Crippen LogP contribution is 2.20. The van der Waals surface area contributed by atoms with E-state index in [0.29, 0.717) is 16.8 Å². The SMILES string of the molecule is Cc1cc(C(=O)Nc2ccc(CBr)cc2)ccc1[N+](=O)[O-]. The second kappa shape index (κ2) is 6.49. The number of hydrogen-bond acceptors (Lipinski definition) is 3. The minimum absolute atomic E-state index is 0.00761. The first-order chi connectivity index (χ1) is 10.0. The lowest BCUT2D eigenvalue weighted by atomic mass is 10.1. The molecule has 0 unspecified atom stereocenters. The van der Waals surface area contributed by atoms with Crippen LogP contribution in [0.25, 0.3) is 0 Å². The smallest absolute Gasteiger partial charge is 0.272 e. The Labute approximate surface area is 130 Å². The zero-order chi connectivity index (χ0) is 15.4. The monoisotopic (exact) mass is 348 g/mol. The van der Waals surface area contributed by atoms with Gasteiger partial charge in [-0.2, -0.15) is 0 Å². The number of nitrogens with one attached hydrogen (secondary N) is 1. The van der Waals surface area contributed by atoms with Crippen molar-refractivity contribution < 1.29 is 9.72 Å². The normalized spacial score (nSPS) is 10.2. The summed E-state index contributed by atoms with van der Waals surface area (Å²) in [6.07, 6.45) is 0. The molecule has 0 aliphatic heterocycles. The fourth-order valence-corrected chi connectivity index (χ4v) is 2.26. The molecular weight excluding hydrogens is 336 g/mol. The molecule has 108 valence electrons. The summed E-state index contributed by atoms with van der Waals surface area (Å²) >= 11 is 3.35. The summed E-state index contributed by atoms with van der Waals surface area (Å²) in [6.45, 7) is 1.61. The number of amides is 1. The van der Waals surface area contributed by atoms with Crippen LogP contribution in [0.15, 0.2) is 42.5 Å². The number of alkyl halides is 1. The summed E-state index contributed by atoms with van der Waals surface area (Å²) in [5.41, 5.74) is 2.65. The van der Waals surface area contributed by atoms with Gasteiger partial charge in [-0.3, -0.25) is 14.9 Å². The molecule has 0 atom stereocenters. The molecule has 2 aromatic rings. The number of hydrogen-bond donors (Lipinski definition) is 1. The minimum Gasteiger partial charge on any atom is -0.322 e. The molecule has 1 N–H and O–H groups in total. The number of nitro benzene ring substituents is 1. The van der Waals surface area contributed by atoms with Crippen LogP contribution in [0, 0.1) is 17.0 Å². The highest BCUT2D eigenvalue weighted by atomic mass is 79.9. The molecule has 0 heterocycles. The molecule has 0 fully saturated rings. The summed E-state index contributed by atoms with van der Waals surface area (Å²) in [7, 11) is 0. The molecular formula is C15H13BrN2O3. The van der Waals surface area contributed by atoms with Crippen molar-refractivity contribution in [2.45, 2.75) is 12.3 Å². The lowest BCUT2D eigenvalue weighted by Gasteiger charge is -2.07. The first-order valence-corrected chi connectivity index (χ1v) is 7.34. The van der Waals surface area contributed by atoms with Crippen LogP contribution in [0.1, 0.15) is 21.5 Å². The van der Waals surface area contributed by atoms with Crippen molar-refractivity contribution in [1.82, 2.24) is 0 Å². The maximum Gasteiger partial charge on any atom is 0.272 e. The second-order valence-electron chi connectivity index (χ2n) is 4.54. The van der Waals surface area contributed by atoms with E-state index in [4.69, 9.17) is 0 Å². The highest BCUT2D eigenvalue weighted by molar-refractivity contribution is 9.08. The van der Waals surface area contributed by atoms with Gasteiger partial charge >= 0.3 is 0 Å². The molecule has 0 bridgehead atoms. The van der Waals surface area contributed by atoms with Gasteiger partial charge < -0.3 is 5.32 Å². The van der Waals surface area contributed by atoms with Gasteiger partial charge in [0, 0.05) is 28.2 Å². The summed E-state index contributed by atoms with van der Waals surface area (Å²) in [4.78, 5) is 22.4. The first kappa shape index (κ1) is 15.2. The quantitative estimate of drug-likeness (QED) is 0.514. The predicted molar refractivity (Wildman–Crippen MR) is 84.9 cm³/mol. The third kappa shape index (κ3) is 3.66. The number of nitrogens with zero attached hydrogens (tertiary/aromatic N) is 1. The Hall–Kier alpha value is -2.21. The minimum atomic E-state index is -0.462. The van der Waals surface area contributed by atoms with Crippen molar-refractivity contribution in [3.63, 3.8) is 0 Å². The van der Waals surface area contributed by atoms with E-state index in [2.05, 4.69) is 21.2 Å². The van der Waals surface area contributed by atoms with Crippen LogP contribution in [0.2, 0.25) is 0 Å². The van der Waals surface area contributed by atoms with Crippen LogP contribution in [0.5, 0.6) is 0 Å². The van der Waals surface area contributed by atoms with Crippen LogP contribution in [0.4, 0.5) is 11.4 Å². The molecule has 2 rings (SSSR count). The average molecular weight is 349 g/mol. The third-order valence-electron chi connectivity index (χ3n) is 3.02. The summed E-state index contributed by atoms with van der Waals surface area (Å²) in [6, 6.07) is 11.8. The van der Waals surface area contributed by atoms with Crippen LogP contribution < -0.4 is 5.32 Å². The van der Waals surface area contributed by atoms with E-state index in [9.17, 15) is 14.9 Å². The van der Waals surface area contributed by atoms with Gasteiger partial charge in [0.2, 0.25) is 0 Å². The molecule has 0 spiro atoms. The zero-order valence-electron chi connectivity index (χ0n) is 11.3. The fraction of sp³-hybridized carbons (Fsp3) is 0.133. The first-order valence-electron chi connectivity index (χ1n) is 6.22.